The third-order valence-corrected chi connectivity index (χ3v) is 6.66. The van der Waals surface area contributed by atoms with Gasteiger partial charge < -0.3 is 15.0 Å². The van der Waals surface area contributed by atoms with Crippen LogP contribution in [0.15, 0.2) is 71.2 Å². The zero-order valence-electron chi connectivity index (χ0n) is 17.8. The number of nitrogens with one attached hydrogen (secondary N) is 1. The molecule has 1 fully saturated rings. The number of hydrogen-bond donors (Lipinski definition) is 2. The van der Waals surface area contributed by atoms with Crippen LogP contribution >= 0.6 is 15.9 Å². The molecule has 1 aromatic heterocycles. The third kappa shape index (κ3) is 4.28. The largest absolute Gasteiger partial charge is 0.478 e. The van der Waals surface area contributed by atoms with Crippen molar-refractivity contribution in [2.75, 3.05) is 5.32 Å². The smallest absolute Gasteiger partial charge is 0.335 e. The van der Waals surface area contributed by atoms with E-state index >= 15 is 0 Å². The molecule has 0 atom stereocenters. The lowest BCUT2D eigenvalue weighted by molar-refractivity contribution is 0.0696. The maximum absolute atomic E-state index is 12.7. The summed E-state index contributed by atoms with van der Waals surface area (Å²) in [6.45, 7) is 0. The molecule has 1 aliphatic carbocycles. The van der Waals surface area contributed by atoms with Crippen LogP contribution in [0.3, 0.4) is 0 Å². The van der Waals surface area contributed by atoms with Crippen LogP contribution in [0, 0.1) is 0 Å². The molecule has 166 valence electrons. The van der Waals surface area contributed by atoms with E-state index in [0.717, 1.165) is 39.9 Å². The second-order valence-electron chi connectivity index (χ2n) is 8.29. The van der Waals surface area contributed by atoms with Gasteiger partial charge in [0, 0.05) is 27.3 Å². The van der Waals surface area contributed by atoms with E-state index in [1.165, 1.54) is 12.8 Å². The van der Waals surface area contributed by atoms with Gasteiger partial charge in [0.15, 0.2) is 0 Å². The van der Waals surface area contributed by atoms with Crippen molar-refractivity contribution in [3.63, 3.8) is 0 Å². The lowest BCUT2D eigenvalue weighted by Crippen LogP contribution is -2.11. The van der Waals surface area contributed by atoms with E-state index in [9.17, 15) is 14.7 Å². The van der Waals surface area contributed by atoms with Crippen LogP contribution in [0.25, 0.3) is 22.4 Å². The standard InChI is InChI=1S/C26H22BrN3O3/c27-19-10-12-20(13-11-19)28-25(31)17-7-5-16(6-8-17)24-29-22-15-18(26(32)33)9-14-23(22)30(24)21-3-1-2-4-21/h5-15,21H,1-4H2,(H,28,31)(H,32,33). The first-order chi connectivity index (χ1) is 16.0. The normalized spacial score (nSPS) is 14.0. The highest BCUT2D eigenvalue weighted by Gasteiger charge is 2.24. The van der Waals surface area contributed by atoms with Gasteiger partial charge >= 0.3 is 5.97 Å². The molecular formula is C26H22BrN3O3. The number of imidazole rings is 1. The molecule has 0 radical (unpaired) electrons. The van der Waals surface area contributed by atoms with Gasteiger partial charge in [-0.15, -0.1) is 0 Å². The number of halogens is 1. The molecule has 0 bridgehead atoms. The van der Waals surface area contributed by atoms with Crippen molar-refractivity contribution in [1.82, 2.24) is 9.55 Å². The highest BCUT2D eigenvalue weighted by molar-refractivity contribution is 9.10. The molecule has 1 aliphatic rings. The van der Waals surface area contributed by atoms with E-state index in [1.54, 1.807) is 24.3 Å². The summed E-state index contributed by atoms with van der Waals surface area (Å²) in [7, 11) is 0. The number of aromatic nitrogens is 2. The first-order valence-electron chi connectivity index (χ1n) is 10.9. The fourth-order valence-electron chi connectivity index (χ4n) is 4.47. The summed E-state index contributed by atoms with van der Waals surface area (Å²) in [4.78, 5) is 28.9. The zero-order chi connectivity index (χ0) is 22.9. The molecule has 1 saturated carbocycles. The molecule has 4 aromatic rings. The maximum atomic E-state index is 12.7. The third-order valence-electron chi connectivity index (χ3n) is 6.13. The number of carboxylic acids is 1. The minimum atomic E-state index is -0.963. The Morgan fingerprint density at radius 2 is 1.61 bits per heavy atom. The van der Waals surface area contributed by atoms with Crippen LogP contribution in [0.5, 0.6) is 0 Å². The molecule has 0 unspecified atom stereocenters. The van der Waals surface area contributed by atoms with Gasteiger partial charge in [0.25, 0.3) is 5.91 Å². The molecule has 1 heterocycles. The first-order valence-corrected chi connectivity index (χ1v) is 11.7. The second kappa shape index (κ2) is 8.83. The monoisotopic (exact) mass is 503 g/mol. The Kier molecular flexibility index (Phi) is 5.72. The molecule has 5 rings (SSSR count). The second-order valence-corrected chi connectivity index (χ2v) is 9.21. The maximum Gasteiger partial charge on any atom is 0.335 e. The summed E-state index contributed by atoms with van der Waals surface area (Å²) < 4.78 is 3.19. The lowest BCUT2D eigenvalue weighted by Gasteiger charge is -2.16. The number of nitrogens with zero attached hydrogens (tertiary/aromatic N) is 2. The van der Waals surface area contributed by atoms with Gasteiger partial charge in [-0.2, -0.15) is 0 Å². The van der Waals surface area contributed by atoms with E-state index in [4.69, 9.17) is 4.98 Å². The van der Waals surface area contributed by atoms with Gasteiger partial charge in [0.2, 0.25) is 0 Å². The SMILES string of the molecule is O=C(O)c1ccc2c(c1)nc(-c1ccc(C(=O)Nc3ccc(Br)cc3)cc1)n2C1CCCC1. The molecule has 0 spiro atoms. The van der Waals surface area contributed by atoms with Gasteiger partial charge in [-0.05, 0) is 67.4 Å². The van der Waals surface area contributed by atoms with Crippen molar-refractivity contribution in [2.24, 2.45) is 0 Å². The zero-order valence-corrected chi connectivity index (χ0v) is 19.4. The number of fused-ring (bicyclic) bond motifs is 1. The number of carbonyl (C=O) groups is 2. The van der Waals surface area contributed by atoms with Crippen LogP contribution in [-0.4, -0.2) is 26.5 Å². The minimum Gasteiger partial charge on any atom is -0.478 e. The summed E-state index contributed by atoms with van der Waals surface area (Å²) in [6, 6.07) is 20.3. The topological polar surface area (TPSA) is 84.2 Å². The fourth-order valence-corrected chi connectivity index (χ4v) is 4.74. The van der Waals surface area contributed by atoms with Crippen LogP contribution in [-0.2, 0) is 0 Å². The van der Waals surface area contributed by atoms with Crippen molar-refractivity contribution < 1.29 is 14.7 Å². The molecule has 7 heteroatoms. The molecule has 1 amide bonds. The molecule has 6 nitrogen and oxygen atoms in total. The Hall–Kier alpha value is -3.45. The highest BCUT2D eigenvalue weighted by atomic mass is 79.9. The summed E-state index contributed by atoms with van der Waals surface area (Å²) in [6.07, 6.45) is 4.50. The Bertz CT molecular complexity index is 1340. The summed E-state index contributed by atoms with van der Waals surface area (Å²) in [5.41, 5.74) is 4.02. The van der Waals surface area contributed by atoms with E-state index in [2.05, 4.69) is 25.8 Å². The number of carbonyl (C=O) groups excluding carboxylic acids is 1. The lowest BCUT2D eigenvalue weighted by atomic mass is 10.1. The van der Waals surface area contributed by atoms with Crippen LogP contribution < -0.4 is 5.32 Å². The summed E-state index contributed by atoms with van der Waals surface area (Å²) in [5, 5.41) is 12.3. The van der Waals surface area contributed by atoms with Gasteiger partial charge in [0.1, 0.15) is 5.82 Å². The number of anilines is 1. The van der Waals surface area contributed by atoms with Crippen molar-refractivity contribution in [3.8, 4) is 11.4 Å². The van der Waals surface area contributed by atoms with Gasteiger partial charge in [-0.25, -0.2) is 9.78 Å². The van der Waals surface area contributed by atoms with Crippen LogP contribution in [0.4, 0.5) is 5.69 Å². The van der Waals surface area contributed by atoms with Gasteiger partial charge in [-0.3, -0.25) is 4.79 Å². The van der Waals surface area contributed by atoms with Crippen molar-refractivity contribution in [3.05, 3.63) is 82.3 Å². The van der Waals surface area contributed by atoms with Crippen molar-refractivity contribution in [1.29, 1.82) is 0 Å². The van der Waals surface area contributed by atoms with Crippen LogP contribution in [0.1, 0.15) is 52.4 Å². The Balaban J connectivity index is 1.49. The number of aromatic carboxylic acids is 1. The molecule has 0 aliphatic heterocycles. The predicted octanol–water partition coefficient (Wildman–Crippen LogP) is 6.53. The molecule has 2 N–H and O–H groups in total. The van der Waals surface area contributed by atoms with Gasteiger partial charge in [0.05, 0.1) is 16.6 Å². The molecule has 33 heavy (non-hydrogen) atoms. The van der Waals surface area contributed by atoms with Crippen LogP contribution in [0.2, 0.25) is 0 Å². The van der Waals surface area contributed by atoms with E-state index < -0.39 is 5.97 Å². The molecular weight excluding hydrogens is 482 g/mol. The number of amides is 1. The first kappa shape index (κ1) is 21.4. The van der Waals surface area contributed by atoms with E-state index in [-0.39, 0.29) is 11.5 Å². The van der Waals surface area contributed by atoms with Gasteiger partial charge in [-0.1, -0.05) is 40.9 Å². The average Bonchev–Trinajstić information content (AvgIpc) is 3.47. The Morgan fingerprint density at radius 1 is 0.939 bits per heavy atom. The predicted molar refractivity (Wildman–Crippen MR) is 132 cm³/mol. The fraction of sp³-hybridized carbons (Fsp3) is 0.192. The molecule has 0 saturated heterocycles. The Morgan fingerprint density at radius 3 is 2.27 bits per heavy atom. The number of benzene rings is 3. The summed E-state index contributed by atoms with van der Waals surface area (Å²) >= 11 is 3.39. The minimum absolute atomic E-state index is 0.181. The summed E-state index contributed by atoms with van der Waals surface area (Å²) in [5.74, 6) is -0.339. The van der Waals surface area contributed by atoms with E-state index in [1.807, 2.05) is 42.5 Å². The average molecular weight is 504 g/mol. The molecule has 3 aromatic carbocycles. The van der Waals surface area contributed by atoms with Crippen molar-refractivity contribution >= 4 is 44.5 Å². The Labute approximate surface area is 199 Å². The highest BCUT2D eigenvalue weighted by Crippen LogP contribution is 2.37. The number of hydrogen-bond acceptors (Lipinski definition) is 3. The quantitative estimate of drug-likeness (QED) is 0.324. The van der Waals surface area contributed by atoms with Crippen molar-refractivity contribution in [2.45, 2.75) is 31.7 Å². The van der Waals surface area contributed by atoms with E-state index in [0.29, 0.717) is 17.1 Å². The number of carboxylic acid groups (broad SMARTS) is 1. The number of rotatable bonds is 5.